The first-order chi connectivity index (χ1) is 20.0. The first kappa shape index (κ1) is 29.6. The molecule has 1 aromatic carbocycles. The minimum Gasteiger partial charge on any atom is -0.382 e. The molecule has 42 heavy (non-hydrogen) atoms. The number of hydrogen-bond donors (Lipinski definition) is 1. The lowest BCUT2D eigenvalue weighted by Gasteiger charge is -2.28. The van der Waals surface area contributed by atoms with Gasteiger partial charge in [0.2, 0.25) is 0 Å². The van der Waals surface area contributed by atoms with E-state index in [1.807, 2.05) is 7.05 Å². The van der Waals surface area contributed by atoms with Crippen molar-refractivity contribution in [3.63, 3.8) is 0 Å². The molecule has 0 spiro atoms. The van der Waals surface area contributed by atoms with Crippen molar-refractivity contribution >= 4 is 17.4 Å². The molecule has 1 N–H and O–H groups in total. The number of halogens is 4. The lowest BCUT2D eigenvalue weighted by atomic mass is 9.90. The van der Waals surface area contributed by atoms with Gasteiger partial charge >= 0.3 is 11.9 Å². The number of Topliss-reactive ketones (excluding diaryl/α,β-unsaturated/α-hetero) is 1. The summed E-state index contributed by atoms with van der Waals surface area (Å²) in [5.41, 5.74) is 0.527. The number of hydrogen-bond acceptors (Lipinski definition) is 8. The van der Waals surface area contributed by atoms with Crippen molar-refractivity contribution in [3.8, 4) is 17.1 Å². The zero-order valence-electron chi connectivity index (χ0n) is 22.6. The van der Waals surface area contributed by atoms with Crippen LogP contribution in [0, 0.1) is 5.92 Å². The van der Waals surface area contributed by atoms with Gasteiger partial charge in [-0.3, -0.25) is 14.3 Å². The molecule has 1 aliphatic rings. The molecular formula is C27H28ClF3N8O3. The summed E-state index contributed by atoms with van der Waals surface area (Å²) in [6.07, 6.45) is -2.98. The molecule has 1 saturated heterocycles. The van der Waals surface area contributed by atoms with E-state index >= 15 is 0 Å². The number of rotatable bonds is 9. The van der Waals surface area contributed by atoms with Crippen LogP contribution in [0.5, 0.6) is 0 Å². The van der Waals surface area contributed by atoms with Gasteiger partial charge in [0.1, 0.15) is 18.7 Å². The molecule has 0 aliphatic carbocycles. The van der Waals surface area contributed by atoms with E-state index in [-0.39, 0.29) is 36.3 Å². The highest BCUT2D eigenvalue weighted by Gasteiger charge is 2.39. The number of nitrogens with zero attached hydrogens (tertiary/aromatic N) is 8. The predicted molar refractivity (Wildman–Crippen MR) is 146 cm³/mol. The Morgan fingerprint density at radius 1 is 1.12 bits per heavy atom. The van der Waals surface area contributed by atoms with Gasteiger partial charge in [-0.1, -0.05) is 11.6 Å². The largest absolute Gasteiger partial charge is 0.416 e. The van der Waals surface area contributed by atoms with Crippen LogP contribution in [-0.4, -0.2) is 82.3 Å². The van der Waals surface area contributed by atoms with Crippen molar-refractivity contribution in [3.05, 3.63) is 75.9 Å². The van der Waals surface area contributed by atoms with Crippen LogP contribution in [0.25, 0.3) is 17.1 Å². The smallest absolute Gasteiger partial charge is 0.382 e. The molecule has 15 heteroatoms. The van der Waals surface area contributed by atoms with E-state index in [1.165, 1.54) is 35.3 Å². The topological polar surface area (TPSA) is 124 Å². The Morgan fingerprint density at radius 2 is 1.83 bits per heavy atom. The molecule has 1 fully saturated rings. The Labute approximate surface area is 243 Å². The molecule has 11 nitrogen and oxygen atoms in total. The van der Waals surface area contributed by atoms with Crippen LogP contribution in [0.4, 0.5) is 13.2 Å². The number of aliphatic hydroxyl groups excluding tert-OH is 1. The van der Waals surface area contributed by atoms with Crippen molar-refractivity contribution in [1.29, 1.82) is 0 Å². The first-order valence-corrected chi connectivity index (χ1v) is 13.6. The highest BCUT2D eigenvalue weighted by atomic mass is 35.5. The number of carbonyl (C=O) groups excluding carboxylic acids is 1. The Bertz CT molecular complexity index is 1610. The molecule has 3 aromatic heterocycles. The van der Waals surface area contributed by atoms with Gasteiger partial charge in [0.15, 0.2) is 17.8 Å². The number of benzene rings is 1. The van der Waals surface area contributed by atoms with E-state index in [2.05, 4.69) is 25.1 Å². The summed E-state index contributed by atoms with van der Waals surface area (Å²) in [4.78, 5) is 37.0. The second kappa shape index (κ2) is 12.2. The van der Waals surface area contributed by atoms with Gasteiger partial charge in [-0.15, -0.1) is 10.2 Å². The molecule has 1 aliphatic heterocycles. The zero-order valence-corrected chi connectivity index (χ0v) is 23.3. The summed E-state index contributed by atoms with van der Waals surface area (Å²) in [5.74, 6) is 0.143. The number of ketones is 1. The molecule has 4 heterocycles. The van der Waals surface area contributed by atoms with Gasteiger partial charge < -0.3 is 10.0 Å². The number of carbonyl (C=O) groups is 1. The van der Waals surface area contributed by atoms with E-state index in [0.717, 1.165) is 35.2 Å². The molecule has 0 bridgehead atoms. The van der Waals surface area contributed by atoms with E-state index in [4.69, 9.17) is 11.6 Å². The zero-order chi connectivity index (χ0) is 30.0. The standard InChI is InChI=1S/C27H28ClF3N8O3/c1-36-11-8-17(9-12-36)22(40)13-20-21(3-2-10-32-20)39-16-33-24(34-39)15-38-26(42)37(14-23(41)27(29,30)31)25(35-38)18-4-6-19(28)7-5-18/h2-7,10,16-17,23,41H,8-9,11-15H2,1H3/t23-/m0/s1. The second-order valence-corrected chi connectivity index (χ2v) is 10.7. The average Bonchev–Trinajstić information content (AvgIpc) is 3.54. The summed E-state index contributed by atoms with van der Waals surface area (Å²) < 4.78 is 42.6. The van der Waals surface area contributed by atoms with Crippen LogP contribution in [0.15, 0.2) is 53.7 Å². The number of piperidine rings is 1. The van der Waals surface area contributed by atoms with Gasteiger partial charge in [-0.2, -0.15) is 13.2 Å². The molecule has 0 unspecified atom stereocenters. The first-order valence-electron chi connectivity index (χ1n) is 13.2. The maximum absolute atomic E-state index is 13.2. The van der Waals surface area contributed by atoms with E-state index < -0.39 is 24.5 Å². The van der Waals surface area contributed by atoms with E-state index in [0.29, 0.717) is 22.0 Å². The Kier molecular flexibility index (Phi) is 8.57. The lowest BCUT2D eigenvalue weighted by molar-refractivity contribution is -0.207. The molecule has 5 rings (SSSR count). The fourth-order valence-corrected chi connectivity index (χ4v) is 4.96. The molecule has 0 amide bonds. The summed E-state index contributed by atoms with van der Waals surface area (Å²) >= 11 is 5.94. The van der Waals surface area contributed by atoms with Crippen LogP contribution in [0.2, 0.25) is 5.02 Å². The van der Waals surface area contributed by atoms with Crippen LogP contribution in [0.1, 0.15) is 24.4 Å². The van der Waals surface area contributed by atoms with Crippen molar-refractivity contribution < 1.29 is 23.1 Å². The number of alkyl halides is 3. The Balaban J connectivity index is 1.40. The van der Waals surface area contributed by atoms with Crippen LogP contribution in [-0.2, 0) is 24.3 Å². The second-order valence-electron chi connectivity index (χ2n) is 10.2. The number of aromatic nitrogens is 7. The maximum atomic E-state index is 13.2. The van der Waals surface area contributed by atoms with Gasteiger partial charge in [0.25, 0.3) is 0 Å². The molecule has 1 atom stereocenters. The highest BCUT2D eigenvalue weighted by Crippen LogP contribution is 2.24. The van der Waals surface area contributed by atoms with Crippen LogP contribution < -0.4 is 5.69 Å². The third kappa shape index (κ3) is 6.61. The minimum atomic E-state index is -4.94. The monoisotopic (exact) mass is 604 g/mol. The SMILES string of the molecule is CN1CCC(C(=O)Cc2ncccc2-n2cnc(Cn3nc(-c4ccc(Cl)cc4)n(C[C@H](O)C(F)(F)F)c3=O)n2)CC1. The van der Waals surface area contributed by atoms with Gasteiger partial charge in [-0.05, 0) is 69.4 Å². The molecule has 4 aromatic rings. The summed E-state index contributed by atoms with van der Waals surface area (Å²) in [7, 11) is 2.03. The average molecular weight is 605 g/mol. The summed E-state index contributed by atoms with van der Waals surface area (Å²) in [6.45, 7) is 0.419. The Hall–Kier alpha value is -3.88. The van der Waals surface area contributed by atoms with Gasteiger partial charge in [0.05, 0.1) is 24.3 Å². The van der Waals surface area contributed by atoms with Gasteiger partial charge in [-0.25, -0.2) is 19.1 Å². The van der Waals surface area contributed by atoms with Crippen molar-refractivity contribution in [2.24, 2.45) is 5.92 Å². The van der Waals surface area contributed by atoms with Crippen molar-refractivity contribution in [2.75, 3.05) is 20.1 Å². The van der Waals surface area contributed by atoms with Crippen LogP contribution >= 0.6 is 11.6 Å². The number of pyridine rings is 1. The number of aliphatic hydroxyl groups is 1. The quantitative estimate of drug-likeness (QED) is 0.309. The maximum Gasteiger partial charge on any atom is 0.416 e. The molecular weight excluding hydrogens is 577 g/mol. The third-order valence-electron chi connectivity index (χ3n) is 7.22. The molecule has 222 valence electrons. The fraction of sp³-hybridized carbons (Fsp3) is 0.407. The molecule has 0 saturated carbocycles. The van der Waals surface area contributed by atoms with E-state index in [9.17, 15) is 27.9 Å². The summed E-state index contributed by atoms with van der Waals surface area (Å²) in [5, 5.41) is 18.7. The van der Waals surface area contributed by atoms with Crippen molar-refractivity contribution in [1.82, 2.24) is 39.0 Å². The fourth-order valence-electron chi connectivity index (χ4n) is 4.83. The molecule has 0 radical (unpaired) electrons. The van der Waals surface area contributed by atoms with Gasteiger partial charge in [0, 0.05) is 22.7 Å². The minimum absolute atomic E-state index is 0.0324. The van der Waals surface area contributed by atoms with Crippen LogP contribution in [0.3, 0.4) is 0 Å². The predicted octanol–water partition coefficient (Wildman–Crippen LogP) is 2.77. The number of likely N-dealkylation sites (tertiary alicyclic amines) is 1. The van der Waals surface area contributed by atoms with E-state index in [1.54, 1.807) is 18.3 Å². The summed E-state index contributed by atoms with van der Waals surface area (Å²) in [6, 6.07) is 9.50. The normalized spacial score (nSPS) is 15.7. The lowest BCUT2D eigenvalue weighted by Crippen LogP contribution is -2.37. The third-order valence-corrected chi connectivity index (χ3v) is 7.47. The Morgan fingerprint density at radius 3 is 2.52 bits per heavy atom. The van der Waals surface area contributed by atoms with Crippen molar-refractivity contribution in [2.45, 2.75) is 44.6 Å². The highest BCUT2D eigenvalue weighted by molar-refractivity contribution is 6.30.